The molecule has 0 aliphatic carbocycles. The van der Waals surface area contributed by atoms with Crippen molar-refractivity contribution in [1.82, 2.24) is 15.2 Å². The van der Waals surface area contributed by atoms with Gasteiger partial charge in [-0.3, -0.25) is 9.69 Å². The number of likely N-dealkylation sites (tertiary alicyclic amines) is 1. The molecule has 1 saturated heterocycles. The van der Waals surface area contributed by atoms with Crippen molar-refractivity contribution in [2.75, 3.05) is 19.6 Å². The number of alkyl halides is 3. The number of halogens is 3. The van der Waals surface area contributed by atoms with Crippen molar-refractivity contribution in [1.29, 1.82) is 0 Å². The van der Waals surface area contributed by atoms with Gasteiger partial charge in [0.2, 0.25) is 5.91 Å². The van der Waals surface area contributed by atoms with E-state index in [1.165, 1.54) is 0 Å². The van der Waals surface area contributed by atoms with Crippen molar-refractivity contribution in [3.05, 3.63) is 36.0 Å². The third kappa shape index (κ3) is 4.08. The number of benzene rings is 1. The zero-order valence-corrected chi connectivity index (χ0v) is 13.2. The molecule has 7 heteroatoms. The van der Waals surface area contributed by atoms with Gasteiger partial charge in [0.15, 0.2) is 0 Å². The van der Waals surface area contributed by atoms with E-state index < -0.39 is 18.6 Å². The van der Waals surface area contributed by atoms with Gasteiger partial charge in [0.05, 0.1) is 12.6 Å². The van der Waals surface area contributed by atoms with Crippen LogP contribution in [-0.2, 0) is 4.79 Å². The predicted octanol–water partition coefficient (Wildman–Crippen LogP) is 3.37. The summed E-state index contributed by atoms with van der Waals surface area (Å²) in [6.45, 7) is -0.591. The number of hydrogen-bond acceptors (Lipinski definition) is 2. The number of para-hydroxylation sites is 1. The number of fused-ring (bicyclic) bond motifs is 1. The van der Waals surface area contributed by atoms with Crippen LogP contribution in [0.2, 0.25) is 0 Å². The maximum atomic E-state index is 12.2. The van der Waals surface area contributed by atoms with Gasteiger partial charge < -0.3 is 10.3 Å². The minimum Gasteiger partial charge on any atom is -0.357 e. The topological polar surface area (TPSA) is 48.1 Å². The second-order valence-electron chi connectivity index (χ2n) is 6.19. The average Bonchev–Trinajstić information content (AvgIpc) is 2.96. The first-order chi connectivity index (χ1) is 11.4. The van der Waals surface area contributed by atoms with Crippen molar-refractivity contribution in [3.63, 3.8) is 0 Å². The fourth-order valence-corrected chi connectivity index (χ4v) is 3.25. The second kappa shape index (κ2) is 6.84. The van der Waals surface area contributed by atoms with Gasteiger partial charge in [-0.25, -0.2) is 0 Å². The highest BCUT2D eigenvalue weighted by Crippen LogP contribution is 2.32. The van der Waals surface area contributed by atoms with Gasteiger partial charge >= 0.3 is 6.18 Å². The van der Waals surface area contributed by atoms with Crippen LogP contribution in [0.25, 0.3) is 10.9 Å². The molecule has 24 heavy (non-hydrogen) atoms. The lowest BCUT2D eigenvalue weighted by molar-refractivity contribution is -0.139. The maximum Gasteiger partial charge on any atom is 0.405 e. The molecule has 4 nitrogen and oxygen atoms in total. The van der Waals surface area contributed by atoms with E-state index in [1.807, 2.05) is 34.5 Å². The van der Waals surface area contributed by atoms with E-state index in [0.717, 1.165) is 35.9 Å². The minimum absolute atomic E-state index is 0.0177. The summed E-state index contributed by atoms with van der Waals surface area (Å²) >= 11 is 0. The molecule has 1 aromatic heterocycles. The Morgan fingerprint density at radius 1 is 1.29 bits per heavy atom. The van der Waals surface area contributed by atoms with Crippen LogP contribution in [0, 0.1) is 0 Å². The highest BCUT2D eigenvalue weighted by molar-refractivity contribution is 5.80. The van der Waals surface area contributed by atoms with Crippen LogP contribution in [0.4, 0.5) is 13.2 Å². The van der Waals surface area contributed by atoms with Gasteiger partial charge in [-0.15, -0.1) is 0 Å². The van der Waals surface area contributed by atoms with Crippen LogP contribution >= 0.6 is 0 Å². The smallest absolute Gasteiger partial charge is 0.357 e. The number of amides is 1. The molecule has 0 spiro atoms. The summed E-state index contributed by atoms with van der Waals surface area (Å²) in [4.78, 5) is 17.2. The summed E-state index contributed by atoms with van der Waals surface area (Å²) in [5.74, 6) is -0.588. The maximum absolute atomic E-state index is 12.2. The normalized spacial score (nSPS) is 19.5. The number of nitrogens with zero attached hydrogens (tertiary/aromatic N) is 1. The summed E-state index contributed by atoms with van der Waals surface area (Å²) in [6, 6.07) is 10.0. The molecule has 2 N–H and O–H groups in total. The first kappa shape index (κ1) is 16.8. The van der Waals surface area contributed by atoms with Crippen molar-refractivity contribution in [2.45, 2.75) is 31.5 Å². The number of aromatic nitrogens is 1. The number of carbonyl (C=O) groups is 1. The van der Waals surface area contributed by atoms with Crippen molar-refractivity contribution in [2.24, 2.45) is 0 Å². The van der Waals surface area contributed by atoms with Crippen LogP contribution in [0.5, 0.6) is 0 Å². The fraction of sp³-hybridized carbons (Fsp3) is 0.471. The standard InChI is InChI=1S/C17H20F3N3O/c18-17(19,20)11-21-16(24)10-23-8-4-3-7-15(23)14-9-12-5-1-2-6-13(12)22-14/h1-2,5-6,9,15,22H,3-4,7-8,10-11H2,(H,21,24)/t15-/m0/s1. The second-order valence-corrected chi connectivity index (χ2v) is 6.19. The highest BCUT2D eigenvalue weighted by Gasteiger charge is 2.30. The Kier molecular flexibility index (Phi) is 4.80. The Morgan fingerprint density at radius 3 is 2.83 bits per heavy atom. The first-order valence-electron chi connectivity index (χ1n) is 8.07. The van der Waals surface area contributed by atoms with Crippen LogP contribution in [0.15, 0.2) is 30.3 Å². The molecule has 0 unspecified atom stereocenters. The zero-order chi connectivity index (χ0) is 17.2. The molecule has 0 bridgehead atoms. The number of nitrogens with one attached hydrogen (secondary N) is 2. The summed E-state index contributed by atoms with van der Waals surface area (Å²) in [6.07, 6.45) is -1.50. The number of carbonyl (C=O) groups excluding carboxylic acids is 1. The summed E-state index contributed by atoms with van der Waals surface area (Å²) in [7, 11) is 0. The van der Waals surface area contributed by atoms with Gasteiger partial charge in [0, 0.05) is 11.2 Å². The molecule has 1 atom stereocenters. The molecule has 2 aromatic rings. The third-order valence-electron chi connectivity index (χ3n) is 4.36. The van der Waals surface area contributed by atoms with E-state index in [-0.39, 0.29) is 12.6 Å². The Balaban J connectivity index is 1.70. The molecule has 2 heterocycles. The van der Waals surface area contributed by atoms with E-state index in [0.29, 0.717) is 6.54 Å². The van der Waals surface area contributed by atoms with E-state index in [2.05, 4.69) is 11.1 Å². The number of aromatic amines is 1. The Hall–Kier alpha value is -2.02. The number of rotatable bonds is 4. The van der Waals surface area contributed by atoms with Crippen molar-refractivity contribution in [3.8, 4) is 0 Å². The Morgan fingerprint density at radius 2 is 2.08 bits per heavy atom. The summed E-state index contributed by atoms with van der Waals surface area (Å²) in [5.41, 5.74) is 2.04. The molecule has 3 rings (SSSR count). The van der Waals surface area contributed by atoms with Crippen LogP contribution in [0.3, 0.4) is 0 Å². The van der Waals surface area contributed by atoms with E-state index in [1.54, 1.807) is 0 Å². The van der Waals surface area contributed by atoms with Gasteiger partial charge in [-0.1, -0.05) is 24.6 Å². The Labute approximate surface area is 138 Å². The first-order valence-corrected chi connectivity index (χ1v) is 8.07. The molecular formula is C17H20F3N3O. The molecule has 1 aromatic carbocycles. The van der Waals surface area contributed by atoms with E-state index >= 15 is 0 Å². The molecular weight excluding hydrogens is 319 g/mol. The molecule has 0 saturated carbocycles. The monoisotopic (exact) mass is 339 g/mol. The summed E-state index contributed by atoms with van der Waals surface area (Å²) in [5, 5.41) is 3.05. The lowest BCUT2D eigenvalue weighted by Crippen LogP contribution is -2.44. The van der Waals surface area contributed by atoms with Crippen LogP contribution in [-0.4, -0.2) is 41.6 Å². The van der Waals surface area contributed by atoms with Gasteiger partial charge in [-0.05, 0) is 36.9 Å². The molecule has 1 fully saturated rings. The number of H-pyrrole nitrogens is 1. The summed E-state index contributed by atoms with van der Waals surface area (Å²) < 4.78 is 36.7. The fourth-order valence-electron chi connectivity index (χ4n) is 3.25. The quantitative estimate of drug-likeness (QED) is 0.897. The number of hydrogen-bond donors (Lipinski definition) is 2. The minimum atomic E-state index is -4.38. The highest BCUT2D eigenvalue weighted by atomic mass is 19.4. The molecule has 1 amide bonds. The van der Waals surface area contributed by atoms with Gasteiger partial charge in [-0.2, -0.15) is 13.2 Å². The van der Waals surface area contributed by atoms with E-state index in [4.69, 9.17) is 0 Å². The lowest BCUT2D eigenvalue weighted by atomic mass is 9.99. The van der Waals surface area contributed by atoms with Crippen LogP contribution < -0.4 is 5.32 Å². The van der Waals surface area contributed by atoms with Gasteiger partial charge in [0.1, 0.15) is 6.54 Å². The molecule has 1 aliphatic rings. The molecule has 0 radical (unpaired) electrons. The average molecular weight is 339 g/mol. The Bertz CT molecular complexity index is 677. The van der Waals surface area contributed by atoms with Crippen molar-refractivity contribution < 1.29 is 18.0 Å². The lowest BCUT2D eigenvalue weighted by Gasteiger charge is -2.34. The van der Waals surface area contributed by atoms with Crippen LogP contribution in [0.1, 0.15) is 31.0 Å². The van der Waals surface area contributed by atoms with E-state index in [9.17, 15) is 18.0 Å². The SMILES string of the molecule is O=C(CN1CCCC[C@H]1c1cc2ccccc2[nH]1)NCC(F)(F)F. The van der Waals surface area contributed by atoms with Crippen molar-refractivity contribution >= 4 is 16.8 Å². The predicted molar refractivity (Wildman–Crippen MR) is 85.5 cm³/mol. The zero-order valence-electron chi connectivity index (χ0n) is 13.2. The largest absolute Gasteiger partial charge is 0.405 e. The number of piperidine rings is 1. The molecule has 130 valence electrons. The van der Waals surface area contributed by atoms with Gasteiger partial charge in [0.25, 0.3) is 0 Å². The molecule has 1 aliphatic heterocycles. The third-order valence-corrected chi connectivity index (χ3v) is 4.36.